The van der Waals surface area contributed by atoms with Crippen LogP contribution in [-0.2, 0) is 0 Å². The van der Waals surface area contributed by atoms with Crippen molar-refractivity contribution in [2.24, 2.45) is 5.41 Å². The van der Waals surface area contributed by atoms with Crippen molar-refractivity contribution in [1.29, 1.82) is 0 Å². The lowest BCUT2D eigenvalue weighted by molar-refractivity contribution is 0.359. The Morgan fingerprint density at radius 1 is 1.33 bits per heavy atom. The molecule has 0 amide bonds. The van der Waals surface area contributed by atoms with Crippen molar-refractivity contribution in [2.75, 3.05) is 6.54 Å². The van der Waals surface area contributed by atoms with Crippen molar-refractivity contribution >= 4 is 15.9 Å². The maximum atomic E-state index is 3.55. The lowest BCUT2D eigenvalue weighted by Crippen LogP contribution is -2.29. The van der Waals surface area contributed by atoms with Crippen molar-refractivity contribution in [3.8, 4) is 0 Å². The number of hydrogen-bond donors (Lipinski definition) is 1. The molecule has 0 spiro atoms. The maximum Gasteiger partial charge on any atom is 0.0292 e. The molecule has 0 bridgehead atoms. The van der Waals surface area contributed by atoms with Crippen LogP contribution >= 0.6 is 15.9 Å². The molecule has 1 unspecified atom stereocenters. The largest absolute Gasteiger partial charge is 0.310 e. The van der Waals surface area contributed by atoms with Crippen LogP contribution in [0.2, 0.25) is 0 Å². The van der Waals surface area contributed by atoms with Crippen molar-refractivity contribution in [3.05, 3.63) is 34.3 Å². The summed E-state index contributed by atoms with van der Waals surface area (Å²) in [6.07, 6.45) is 0. The van der Waals surface area contributed by atoms with E-state index in [0.717, 1.165) is 11.0 Å². The quantitative estimate of drug-likeness (QED) is 0.870. The molecule has 1 nitrogen and oxygen atoms in total. The zero-order valence-corrected chi connectivity index (χ0v) is 11.6. The van der Waals surface area contributed by atoms with Gasteiger partial charge in [0.2, 0.25) is 0 Å². The molecule has 0 saturated carbocycles. The second kappa shape index (κ2) is 5.13. The minimum absolute atomic E-state index is 0.334. The van der Waals surface area contributed by atoms with Crippen LogP contribution in [0, 0.1) is 5.41 Å². The van der Waals surface area contributed by atoms with E-state index in [1.54, 1.807) is 0 Å². The minimum atomic E-state index is 0.334. The molecular weight excluding hydrogens is 250 g/mol. The molecule has 1 aromatic rings. The van der Waals surface area contributed by atoms with Crippen LogP contribution in [0.4, 0.5) is 0 Å². The van der Waals surface area contributed by atoms with Gasteiger partial charge in [0, 0.05) is 17.1 Å². The highest BCUT2D eigenvalue weighted by molar-refractivity contribution is 9.10. The van der Waals surface area contributed by atoms with Crippen LogP contribution in [0.1, 0.15) is 39.3 Å². The Balaban J connectivity index is 2.58. The van der Waals surface area contributed by atoms with E-state index >= 15 is 0 Å². The predicted octanol–water partition coefficient (Wildman–Crippen LogP) is 4.15. The summed E-state index contributed by atoms with van der Waals surface area (Å²) in [4.78, 5) is 0. The van der Waals surface area contributed by atoms with Crippen LogP contribution in [0.3, 0.4) is 0 Å². The van der Waals surface area contributed by atoms with Gasteiger partial charge in [-0.15, -0.1) is 0 Å². The number of hydrogen-bond acceptors (Lipinski definition) is 1. The normalized spacial score (nSPS) is 13.9. The first-order valence-corrected chi connectivity index (χ1v) is 6.17. The Kier molecular flexibility index (Phi) is 4.35. The standard InChI is InChI=1S/C13H20BrN/c1-10(15-9-13(2,3)4)11-6-5-7-12(14)8-11/h5-8,10,15H,9H2,1-4H3. The smallest absolute Gasteiger partial charge is 0.0292 e. The molecule has 0 radical (unpaired) electrons. The van der Waals surface area contributed by atoms with Gasteiger partial charge in [0.05, 0.1) is 0 Å². The van der Waals surface area contributed by atoms with E-state index < -0.39 is 0 Å². The first kappa shape index (κ1) is 12.7. The summed E-state index contributed by atoms with van der Waals surface area (Å²) < 4.78 is 1.14. The Bertz CT molecular complexity index is 315. The molecule has 0 heterocycles. The average Bonchev–Trinajstić information content (AvgIpc) is 2.13. The Morgan fingerprint density at radius 3 is 2.53 bits per heavy atom. The van der Waals surface area contributed by atoms with E-state index in [4.69, 9.17) is 0 Å². The summed E-state index contributed by atoms with van der Waals surface area (Å²) >= 11 is 3.49. The van der Waals surface area contributed by atoms with E-state index in [-0.39, 0.29) is 0 Å². The number of benzene rings is 1. The third kappa shape index (κ3) is 4.80. The molecule has 1 atom stereocenters. The van der Waals surface area contributed by atoms with Gasteiger partial charge in [-0.3, -0.25) is 0 Å². The SMILES string of the molecule is CC(NCC(C)(C)C)c1cccc(Br)c1. The highest BCUT2D eigenvalue weighted by Crippen LogP contribution is 2.19. The third-order valence-corrected chi connectivity index (χ3v) is 2.78. The monoisotopic (exact) mass is 269 g/mol. The number of halogens is 1. The van der Waals surface area contributed by atoms with Gasteiger partial charge < -0.3 is 5.32 Å². The summed E-state index contributed by atoms with van der Waals surface area (Å²) in [5, 5.41) is 3.55. The van der Waals surface area contributed by atoms with Gasteiger partial charge in [0.25, 0.3) is 0 Å². The predicted molar refractivity (Wildman–Crippen MR) is 70.0 cm³/mol. The van der Waals surface area contributed by atoms with Crippen molar-refractivity contribution in [1.82, 2.24) is 5.32 Å². The summed E-state index contributed by atoms with van der Waals surface area (Å²) in [5.41, 5.74) is 1.66. The van der Waals surface area contributed by atoms with Crippen LogP contribution in [0.15, 0.2) is 28.7 Å². The fourth-order valence-electron chi connectivity index (χ4n) is 1.35. The molecule has 0 fully saturated rings. The van der Waals surface area contributed by atoms with Crippen LogP contribution in [0.5, 0.6) is 0 Å². The molecule has 0 aromatic heterocycles. The molecule has 1 aromatic carbocycles. The minimum Gasteiger partial charge on any atom is -0.310 e. The van der Waals surface area contributed by atoms with Crippen LogP contribution < -0.4 is 5.32 Å². The first-order chi connectivity index (χ1) is 6.88. The van der Waals surface area contributed by atoms with E-state index in [1.807, 2.05) is 0 Å². The van der Waals surface area contributed by atoms with Gasteiger partial charge in [0.1, 0.15) is 0 Å². The lowest BCUT2D eigenvalue weighted by Gasteiger charge is -2.23. The van der Waals surface area contributed by atoms with E-state index in [0.29, 0.717) is 11.5 Å². The average molecular weight is 270 g/mol. The first-order valence-electron chi connectivity index (χ1n) is 5.37. The molecule has 84 valence electrons. The summed E-state index contributed by atoms with van der Waals surface area (Å²) in [6.45, 7) is 9.96. The zero-order valence-electron chi connectivity index (χ0n) is 9.97. The highest BCUT2D eigenvalue weighted by Gasteiger charge is 2.12. The fraction of sp³-hybridized carbons (Fsp3) is 0.538. The third-order valence-electron chi connectivity index (χ3n) is 2.29. The molecule has 0 saturated heterocycles. The van der Waals surface area contributed by atoms with E-state index in [2.05, 4.69) is 73.2 Å². The summed E-state index contributed by atoms with van der Waals surface area (Å²) in [6, 6.07) is 8.86. The van der Waals surface area contributed by atoms with Gasteiger partial charge in [-0.1, -0.05) is 48.8 Å². The molecular formula is C13H20BrN. The topological polar surface area (TPSA) is 12.0 Å². The number of rotatable bonds is 3. The second-order valence-corrected chi connectivity index (χ2v) is 6.13. The molecule has 15 heavy (non-hydrogen) atoms. The maximum absolute atomic E-state index is 3.55. The summed E-state index contributed by atoms with van der Waals surface area (Å²) in [5.74, 6) is 0. The fourth-order valence-corrected chi connectivity index (χ4v) is 1.77. The van der Waals surface area contributed by atoms with Gasteiger partial charge in [-0.05, 0) is 30.0 Å². The second-order valence-electron chi connectivity index (χ2n) is 5.22. The van der Waals surface area contributed by atoms with E-state index in [1.165, 1.54) is 5.56 Å². The zero-order chi connectivity index (χ0) is 11.5. The van der Waals surface area contributed by atoms with Crippen LogP contribution in [0.25, 0.3) is 0 Å². The Hall–Kier alpha value is -0.340. The molecule has 2 heteroatoms. The van der Waals surface area contributed by atoms with Gasteiger partial charge in [-0.25, -0.2) is 0 Å². The Morgan fingerprint density at radius 2 is 2.00 bits per heavy atom. The van der Waals surface area contributed by atoms with Crippen molar-refractivity contribution in [2.45, 2.75) is 33.7 Å². The summed E-state index contributed by atoms with van der Waals surface area (Å²) in [7, 11) is 0. The lowest BCUT2D eigenvalue weighted by atomic mass is 9.96. The van der Waals surface area contributed by atoms with Gasteiger partial charge >= 0.3 is 0 Å². The molecule has 0 aliphatic heterocycles. The molecule has 1 N–H and O–H groups in total. The van der Waals surface area contributed by atoms with Crippen molar-refractivity contribution in [3.63, 3.8) is 0 Å². The molecule has 0 aliphatic carbocycles. The molecule has 1 rings (SSSR count). The Labute approximate surface area is 101 Å². The number of nitrogens with one attached hydrogen (secondary N) is 1. The molecule has 0 aliphatic rings. The van der Waals surface area contributed by atoms with Gasteiger partial charge in [-0.2, -0.15) is 0 Å². The van der Waals surface area contributed by atoms with Crippen molar-refractivity contribution < 1.29 is 0 Å². The van der Waals surface area contributed by atoms with Crippen LogP contribution in [-0.4, -0.2) is 6.54 Å². The highest BCUT2D eigenvalue weighted by atomic mass is 79.9. The van der Waals surface area contributed by atoms with Gasteiger partial charge in [0.15, 0.2) is 0 Å². The van der Waals surface area contributed by atoms with E-state index in [9.17, 15) is 0 Å².